The topological polar surface area (TPSA) is 149 Å². The molecule has 0 unspecified atom stereocenters. The van der Waals surface area contributed by atoms with E-state index >= 15 is 0 Å². The molecule has 4 N–H and O–H groups in total. The van der Waals surface area contributed by atoms with Gasteiger partial charge in [-0.1, -0.05) is 43.0 Å². The minimum Gasteiger partial charge on any atom is -0.478 e. The Morgan fingerprint density at radius 2 is 1.12 bits per heavy atom. The van der Waals surface area contributed by atoms with Crippen LogP contribution in [0.1, 0.15) is 47.0 Å². The van der Waals surface area contributed by atoms with Crippen molar-refractivity contribution in [3.05, 3.63) is 64.7 Å². The van der Waals surface area contributed by atoms with Crippen molar-refractivity contribution in [3.8, 4) is 11.1 Å². The molecular formula is C18H12O8. The number of benzene rings is 2. The molecule has 2 aromatic rings. The highest BCUT2D eigenvalue weighted by atomic mass is 16.4. The molecule has 0 aliphatic heterocycles. The highest BCUT2D eigenvalue weighted by Gasteiger charge is 2.35. The summed E-state index contributed by atoms with van der Waals surface area (Å²) in [6.45, 7) is 3.44. The molecular weight excluding hydrogens is 344 g/mol. The summed E-state index contributed by atoms with van der Waals surface area (Å²) in [5, 5.41) is 37.9. The van der Waals surface area contributed by atoms with E-state index in [1.165, 1.54) is 12.1 Å². The molecule has 0 saturated heterocycles. The molecule has 0 saturated carbocycles. The van der Waals surface area contributed by atoms with Crippen LogP contribution in [0.3, 0.4) is 0 Å². The van der Waals surface area contributed by atoms with Gasteiger partial charge in [0, 0.05) is 5.56 Å². The Bertz CT molecular complexity index is 957. The van der Waals surface area contributed by atoms with E-state index in [-0.39, 0.29) is 16.7 Å². The van der Waals surface area contributed by atoms with Gasteiger partial charge in [0.15, 0.2) is 0 Å². The summed E-state index contributed by atoms with van der Waals surface area (Å²) in [6.07, 6.45) is 0.996. The number of carboxylic acid groups (broad SMARTS) is 4. The Balaban J connectivity index is 3.26. The van der Waals surface area contributed by atoms with E-state index in [1.807, 2.05) is 0 Å². The van der Waals surface area contributed by atoms with Gasteiger partial charge in [-0.25, -0.2) is 19.2 Å². The molecule has 0 aliphatic carbocycles. The van der Waals surface area contributed by atoms with Crippen molar-refractivity contribution < 1.29 is 39.6 Å². The monoisotopic (exact) mass is 356 g/mol. The van der Waals surface area contributed by atoms with Gasteiger partial charge in [-0.15, -0.1) is 0 Å². The summed E-state index contributed by atoms with van der Waals surface area (Å²) in [6, 6.07) is 7.61. The Kier molecular flexibility index (Phi) is 4.88. The van der Waals surface area contributed by atoms with Crippen LogP contribution in [0, 0.1) is 0 Å². The predicted octanol–water partition coefficient (Wildman–Crippen LogP) is 2.79. The first-order chi connectivity index (χ1) is 12.2. The van der Waals surface area contributed by atoms with E-state index in [1.54, 1.807) is 18.2 Å². The number of hydrogen-bond acceptors (Lipinski definition) is 4. The summed E-state index contributed by atoms with van der Waals surface area (Å²) in [4.78, 5) is 46.8. The van der Waals surface area contributed by atoms with Gasteiger partial charge in [-0.2, -0.15) is 0 Å². The van der Waals surface area contributed by atoms with E-state index < -0.39 is 46.1 Å². The van der Waals surface area contributed by atoms with Crippen LogP contribution in [0.5, 0.6) is 0 Å². The molecule has 0 aromatic heterocycles. The molecule has 2 aromatic carbocycles. The lowest BCUT2D eigenvalue weighted by Gasteiger charge is -2.18. The standard InChI is InChI=1S/C18H12O8/c1-2-9-10(8-6-4-3-5-7-8)12(16(21)22)14(18(25)26)13(17(23)24)11(9)15(19)20/h2-7H,1H2,(H,19,20)(H,21,22)(H,23,24)(H,25,26). The first-order valence-corrected chi connectivity index (χ1v) is 7.07. The second kappa shape index (κ2) is 6.89. The van der Waals surface area contributed by atoms with E-state index in [0.717, 1.165) is 6.08 Å². The van der Waals surface area contributed by atoms with Crippen LogP contribution >= 0.6 is 0 Å². The lowest BCUT2D eigenvalue weighted by Crippen LogP contribution is -2.22. The molecule has 26 heavy (non-hydrogen) atoms. The van der Waals surface area contributed by atoms with Gasteiger partial charge in [-0.3, -0.25) is 0 Å². The number of rotatable bonds is 6. The third-order valence-corrected chi connectivity index (χ3v) is 3.66. The fourth-order valence-electron chi connectivity index (χ4n) is 2.74. The zero-order valence-corrected chi connectivity index (χ0v) is 13.1. The molecule has 2 rings (SSSR count). The first-order valence-electron chi connectivity index (χ1n) is 7.07. The van der Waals surface area contributed by atoms with Crippen LogP contribution in [0.25, 0.3) is 17.2 Å². The fraction of sp³-hybridized carbons (Fsp3) is 0. The third-order valence-electron chi connectivity index (χ3n) is 3.66. The summed E-state index contributed by atoms with van der Waals surface area (Å²) < 4.78 is 0. The van der Waals surface area contributed by atoms with Crippen molar-refractivity contribution in [2.45, 2.75) is 0 Å². The molecule has 0 bridgehead atoms. The van der Waals surface area contributed by atoms with Gasteiger partial charge in [-0.05, 0) is 11.1 Å². The van der Waals surface area contributed by atoms with Crippen molar-refractivity contribution in [3.63, 3.8) is 0 Å². The highest BCUT2D eigenvalue weighted by Crippen LogP contribution is 2.37. The zero-order valence-electron chi connectivity index (χ0n) is 13.1. The van der Waals surface area contributed by atoms with Gasteiger partial charge in [0.05, 0.1) is 22.3 Å². The maximum Gasteiger partial charge on any atom is 0.337 e. The van der Waals surface area contributed by atoms with E-state index in [4.69, 9.17) is 0 Å². The van der Waals surface area contributed by atoms with Crippen LogP contribution in [0.15, 0.2) is 36.9 Å². The Labute approximate surface area is 146 Å². The van der Waals surface area contributed by atoms with Crippen molar-refractivity contribution in [2.75, 3.05) is 0 Å². The van der Waals surface area contributed by atoms with Crippen LogP contribution in [0.4, 0.5) is 0 Å². The van der Waals surface area contributed by atoms with E-state index in [9.17, 15) is 39.6 Å². The zero-order chi connectivity index (χ0) is 19.6. The minimum atomic E-state index is -1.87. The number of hydrogen-bond donors (Lipinski definition) is 4. The molecule has 0 aliphatic rings. The van der Waals surface area contributed by atoms with Gasteiger partial charge in [0.25, 0.3) is 0 Å². The minimum absolute atomic E-state index is 0.210. The predicted molar refractivity (Wildman–Crippen MR) is 89.8 cm³/mol. The Morgan fingerprint density at radius 1 is 0.692 bits per heavy atom. The average Bonchev–Trinajstić information content (AvgIpc) is 2.59. The van der Waals surface area contributed by atoms with Crippen LogP contribution in [-0.2, 0) is 0 Å². The molecule has 0 amide bonds. The second-order valence-corrected chi connectivity index (χ2v) is 5.08. The molecule has 132 valence electrons. The van der Waals surface area contributed by atoms with E-state index in [2.05, 4.69) is 6.58 Å². The molecule has 0 fully saturated rings. The molecule has 8 nitrogen and oxygen atoms in total. The molecule has 8 heteroatoms. The highest BCUT2D eigenvalue weighted by molar-refractivity contribution is 6.19. The number of aromatic carboxylic acids is 4. The third kappa shape index (κ3) is 2.91. The summed E-state index contributed by atoms with van der Waals surface area (Å²) in [7, 11) is 0. The SMILES string of the molecule is C=Cc1c(C(=O)O)c(C(=O)O)c(C(=O)O)c(C(=O)O)c1-c1ccccc1. The number of carbonyl (C=O) groups is 4. The second-order valence-electron chi connectivity index (χ2n) is 5.08. The largest absolute Gasteiger partial charge is 0.478 e. The van der Waals surface area contributed by atoms with Gasteiger partial charge < -0.3 is 20.4 Å². The van der Waals surface area contributed by atoms with Crippen molar-refractivity contribution in [1.82, 2.24) is 0 Å². The molecule has 0 radical (unpaired) electrons. The average molecular weight is 356 g/mol. The van der Waals surface area contributed by atoms with E-state index in [0.29, 0.717) is 0 Å². The van der Waals surface area contributed by atoms with Gasteiger partial charge in [0.1, 0.15) is 0 Å². The van der Waals surface area contributed by atoms with Crippen LogP contribution < -0.4 is 0 Å². The summed E-state index contributed by atoms with van der Waals surface area (Å²) >= 11 is 0. The Hall–Kier alpha value is -3.94. The normalized spacial score (nSPS) is 10.2. The fourth-order valence-corrected chi connectivity index (χ4v) is 2.74. The smallest absolute Gasteiger partial charge is 0.337 e. The van der Waals surface area contributed by atoms with Crippen molar-refractivity contribution >= 4 is 30.0 Å². The molecule has 0 spiro atoms. The van der Waals surface area contributed by atoms with Gasteiger partial charge >= 0.3 is 23.9 Å². The van der Waals surface area contributed by atoms with Crippen LogP contribution in [-0.4, -0.2) is 44.3 Å². The maximum atomic E-state index is 11.8. The lowest BCUT2D eigenvalue weighted by atomic mass is 9.83. The maximum absolute atomic E-state index is 11.8. The van der Waals surface area contributed by atoms with Gasteiger partial charge in [0.2, 0.25) is 0 Å². The quantitative estimate of drug-likeness (QED) is 0.617. The molecule has 0 heterocycles. The number of carboxylic acids is 4. The summed E-state index contributed by atoms with van der Waals surface area (Å²) in [5.41, 5.74) is -4.18. The Morgan fingerprint density at radius 3 is 1.50 bits per heavy atom. The summed E-state index contributed by atoms with van der Waals surface area (Å²) in [5.74, 6) is -7.15. The van der Waals surface area contributed by atoms with Crippen molar-refractivity contribution in [2.24, 2.45) is 0 Å². The lowest BCUT2D eigenvalue weighted by molar-refractivity contribution is 0.0620. The molecule has 0 atom stereocenters. The van der Waals surface area contributed by atoms with Crippen molar-refractivity contribution in [1.29, 1.82) is 0 Å². The van der Waals surface area contributed by atoms with Crippen LogP contribution in [0.2, 0.25) is 0 Å². The first kappa shape index (κ1) is 18.4.